The lowest BCUT2D eigenvalue weighted by Gasteiger charge is -2.09. The molecule has 0 saturated carbocycles. The summed E-state index contributed by atoms with van der Waals surface area (Å²) in [7, 11) is 0. The monoisotopic (exact) mass is 278 g/mol. The number of imidazole rings is 1. The number of benzene rings is 1. The van der Waals surface area contributed by atoms with Crippen molar-refractivity contribution in [3.8, 4) is 5.69 Å². The van der Waals surface area contributed by atoms with E-state index in [-0.39, 0.29) is 17.1 Å². The van der Waals surface area contributed by atoms with Crippen LogP contribution in [0.25, 0.3) is 5.69 Å². The molecule has 2 rings (SSSR count). The van der Waals surface area contributed by atoms with Gasteiger partial charge in [0.2, 0.25) is 5.91 Å². The number of anilines is 1. The van der Waals surface area contributed by atoms with Gasteiger partial charge < -0.3 is 5.32 Å². The van der Waals surface area contributed by atoms with E-state index >= 15 is 0 Å². The minimum atomic E-state index is -0.756. The average Bonchev–Trinajstić information content (AvgIpc) is 2.76. The number of amides is 1. The zero-order valence-electron chi connectivity index (χ0n) is 10.8. The molecule has 1 aromatic heterocycles. The lowest BCUT2D eigenvalue weighted by molar-refractivity contribution is -0.384. The number of carbonyl (C=O) groups excluding carboxylic acids is 1. The van der Waals surface area contributed by atoms with Gasteiger partial charge in [0.1, 0.15) is 17.3 Å². The van der Waals surface area contributed by atoms with E-state index in [0.717, 1.165) is 12.1 Å². The van der Waals surface area contributed by atoms with Gasteiger partial charge in [-0.25, -0.2) is 9.37 Å². The van der Waals surface area contributed by atoms with E-state index in [1.165, 1.54) is 23.9 Å². The van der Waals surface area contributed by atoms with Gasteiger partial charge in [0.15, 0.2) is 0 Å². The Morgan fingerprint density at radius 1 is 1.50 bits per heavy atom. The highest BCUT2D eigenvalue weighted by molar-refractivity contribution is 5.89. The third-order valence-electron chi connectivity index (χ3n) is 2.66. The SMILES string of the molecule is CC(=O)Nc1cc([N+](=O)[O-])c(-n2ccnc2C)cc1F. The lowest BCUT2D eigenvalue weighted by Crippen LogP contribution is -2.10. The number of nitro benzene ring substituents is 1. The summed E-state index contributed by atoms with van der Waals surface area (Å²) >= 11 is 0. The van der Waals surface area contributed by atoms with Crippen LogP contribution in [0.4, 0.5) is 15.8 Å². The molecular weight excluding hydrogens is 267 g/mol. The van der Waals surface area contributed by atoms with Crippen LogP contribution in [0.15, 0.2) is 24.5 Å². The van der Waals surface area contributed by atoms with E-state index in [1.807, 2.05) is 0 Å². The maximum absolute atomic E-state index is 13.9. The van der Waals surface area contributed by atoms with Gasteiger partial charge in [0.05, 0.1) is 10.6 Å². The number of nitrogens with zero attached hydrogens (tertiary/aromatic N) is 3. The van der Waals surface area contributed by atoms with Gasteiger partial charge in [0, 0.05) is 31.5 Å². The molecule has 0 aliphatic carbocycles. The van der Waals surface area contributed by atoms with Crippen molar-refractivity contribution >= 4 is 17.3 Å². The van der Waals surface area contributed by atoms with Crippen LogP contribution in [0, 0.1) is 22.9 Å². The first-order valence-electron chi connectivity index (χ1n) is 5.66. The fourth-order valence-corrected chi connectivity index (χ4v) is 1.81. The molecule has 0 atom stereocenters. The van der Waals surface area contributed by atoms with Gasteiger partial charge in [0.25, 0.3) is 5.69 Å². The molecule has 0 fully saturated rings. The van der Waals surface area contributed by atoms with Crippen molar-refractivity contribution < 1.29 is 14.1 Å². The minimum Gasteiger partial charge on any atom is -0.324 e. The fraction of sp³-hybridized carbons (Fsp3) is 0.167. The first-order chi connectivity index (χ1) is 9.40. The predicted octanol–water partition coefficient (Wildman–Crippen LogP) is 2.19. The van der Waals surface area contributed by atoms with Gasteiger partial charge in [-0.1, -0.05) is 0 Å². The number of hydrogen-bond donors (Lipinski definition) is 1. The summed E-state index contributed by atoms with van der Waals surface area (Å²) in [6.45, 7) is 2.84. The van der Waals surface area contributed by atoms with Gasteiger partial charge in [-0.2, -0.15) is 0 Å². The highest BCUT2D eigenvalue weighted by Crippen LogP contribution is 2.30. The summed E-state index contributed by atoms with van der Waals surface area (Å²) in [5, 5.41) is 13.3. The van der Waals surface area contributed by atoms with Crippen LogP contribution in [-0.2, 0) is 4.79 Å². The number of aryl methyl sites for hydroxylation is 1. The van der Waals surface area contributed by atoms with E-state index in [1.54, 1.807) is 6.92 Å². The number of halogens is 1. The summed E-state index contributed by atoms with van der Waals surface area (Å²) < 4.78 is 15.3. The Balaban J connectivity index is 2.64. The zero-order valence-corrected chi connectivity index (χ0v) is 10.8. The average molecular weight is 278 g/mol. The summed E-state index contributed by atoms with van der Waals surface area (Å²) in [5.41, 5.74) is -0.501. The molecule has 1 N–H and O–H groups in total. The molecule has 2 aromatic rings. The van der Waals surface area contributed by atoms with E-state index in [9.17, 15) is 19.3 Å². The number of nitrogens with one attached hydrogen (secondary N) is 1. The molecule has 0 spiro atoms. The molecule has 0 radical (unpaired) electrons. The largest absolute Gasteiger partial charge is 0.324 e. The second-order valence-electron chi connectivity index (χ2n) is 4.10. The van der Waals surface area contributed by atoms with Crippen molar-refractivity contribution in [2.75, 3.05) is 5.32 Å². The van der Waals surface area contributed by atoms with Gasteiger partial charge >= 0.3 is 0 Å². The molecule has 0 bridgehead atoms. The van der Waals surface area contributed by atoms with Gasteiger partial charge in [-0.05, 0) is 6.92 Å². The van der Waals surface area contributed by atoms with Crippen LogP contribution in [0.2, 0.25) is 0 Å². The van der Waals surface area contributed by atoms with E-state index in [4.69, 9.17) is 0 Å². The summed E-state index contributed by atoms with van der Waals surface area (Å²) in [5.74, 6) is -0.779. The predicted molar refractivity (Wildman–Crippen MR) is 69.2 cm³/mol. The maximum Gasteiger partial charge on any atom is 0.295 e. The fourth-order valence-electron chi connectivity index (χ4n) is 1.81. The number of hydrogen-bond acceptors (Lipinski definition) is 4. The molecule has 1 aromatic carbocycles. The van der Waals surface area contributed by atoms with Crippen molar-refractivity contribution in [2.45, 2.75) is 13.8 Å². The van der Waals surface area contributed by atoms with Crippen molar-refractivity contribution in [3.63, 3.8) is 0 Å². The van der Waals surface area contributed by atoms with Gasteiger partial charge in [-0.3, -0.25) is 19.5 Å². The molecule has 0 aliphatic heterocycles. The molecule has 8 heteroatoms. The highest BCUT2D eigenvalue weighted by atomic mass is 19.1. The number of carbonyl (C=O) groups is 1. The highest BCUT2D eigenvalue weighted by Gasteiger charge is 2.21. The molecule has 7 nitrogen and oxygen atoms in total. The van der Waals surface area contributed by atoms with E-state index in [2.05, 4.69) is 10.3 Å². The second-order valence-corrected chi connectivity index (χ2v) is 4.10. The normalized spacial score (nSPS) is 10.3. The molecule has 1 amide bonds. The quantitative estimate of drug-likeness (QED) is 0.688. The zero-order chi connectivity index (χ0) is 14.9. The summed E-state index contributed by atoms with van der Waals surface area (Å²) in [4.78, 5) is 25.4. The Kier molecular flexibility index (Phi) is 3.47. The molecule has 0 unspecified atom stereocenters. The van der Waals surface area contributed by atoms with Crippen LogP contribution in [0.3, 0.4) is 0 Å². The summed E-state index contributed by atoms with van der Waals surface area (Å²) in [6.07, 6.45) is 2.95. The Morgan fingerprint density at radius 3 is 2.70 bits per heavy atom. The Labute approximate surface area is 113 Å². The summed E-state index contributed by atoms with van der Waals surface area (Å²) in [6, 6.07) is 1.99. The van der Waals surface area contributed by atoms with E-state index in [0.29, 0.717) is 5.82 Å². The Hall–Kier alpha value is -2.77. The molecular formula is C12H11FN4O3. The molecule has 20 heavy (non-hydrogen) atoms. The third-order valence-corrected chi connectivity index (χ3v) is 2.66. The number of rotatable bonds is 3. The molecule has 0 aliphatic rings. The van der Waals surface area contributed by atoms with Crippen molar-refractivity contribution in [3.05, 3.63) is 46.3 Å². The van der Waals surface area contributed by atoms with Crippen LogP contribution < -0.4 is 5.32 Å². The van der Waals surface area contributed by atoms with Crippen LogP contribution in [0.5, 0.6) is 0 Å². The van der Waals surface area contributed by atoms with Gasteiger partial charge in [-0.15, -0.1) is 0 Å². The van der Waals surface area contributed by atoms with Crippen LogP contribution >= 0.6 is 0 Å². The molecule has 1 heterocycles. The first kappa shape index (κ1) is 13.7. The Morgan fingerprint density at radius 2 is 2.20 bits per heavy atom. The third kappa shape index (κ3) is 2.48. The number of nitro groups is 1. The smallest absolute Gasteiger partial charge is 0.295 e. The van der Waals surface area contributed by atoms with Crippen LogP contribution in [0.1, 0.15) is 12.7 Å². The standard InChI is InChI=1S/C12H11FN4O3/c1-7-14-3-4-16(7)11-5-9(13)10(15-8(2)18)6-12(11)17(19)20/h3-6H,1-2H3,(H,15,18). The number of aromatic nitrogens is 2. The Bertz CT molecular complexity index is 696. The second kappa shape index (κ2) is 5.08. The molecule has 0 saturated heterocycles. The van der Waals surface area contributed by atoms with E-state index < -0.39 is 16.6 Å². The molecule has 104 valence electrons. The maximum atomic E-state index is 13.9. The minimum absolute atomic E-state index is 0.0524. The van der Waals surface area contributed by atoms with Crippen molar-refractivity contribution in [2.24, 2.45) is 0 Å². The van der Waals surface area contributed by atoms with Crippen LogP contribution in [-0.4, -0.2) is 20.4 Å². The first-order valence-corrected chi connectivity index (χ1v) is 5.66. The van der Waals surface area contributed by atoms with Crippen molar-refractivity contribution in [1.29, 1.82) is 0 Å². The topological polar surface area (TPSA) is 90.1 Å². The lowest BCUT2D eigenvalue weighted by atomic mass is 10.2. The van der Waals surface area contributed by atoms with Crippen molar-refractivity contribution in [1.82, 2.24) is 9.55 Å².